The Balaban J connectivity index is 1.74. The van der Waals surface area contributed by atoms with Crippen molar-refractivity contribution in [2.75, 3.05) is 34.1 Å². The van der Waals surface area contributed by atoms with E-state index >= 15 is 0 Å². The third-order valence-electron chi connectivity index (χ3n) is 5.25. The van der Waals surface area contributed by atoms with Crippen molar-refractivity contribution in [2.45, 2.75) is 11.4 Å². The molecule has 31 heavy (non-hydrogen) atoms. The van der Waals surface area contributed by atoms with Gasteiger partial charge < -0.3 is 14.4 Å². The number of nitrogens with zero attached hydrogens (tertiary/aromatic N) is 3. The van der Waals surface area contributed by atoms with Gasteiger partial charge in [0, 0.05) is 55.5 Å². The number of hydrogen-bond acceptors (Lipinski definition) is 7. The summed E-state index contributed by atoms with van der Waals surface area (Å²) in [6.07, 6.45) is 5.14. The monoisotopic (exact) mass is 440 g/mol. The van der Waals surface area contributed by atoms with Gasteiger partial charge in [-0.25, -0.2) is 4.79 Å². The molecular formula is C22H24N4O4S. The summed E-state index contributed by atoms with van der Waals surface area (Å²) in [5, 5.41) is 4.04. The number of benzene rings is 1. The third kappa shape index (κ3) is 3.86. The van der Waals surface area contributed by atoms with Gasteiger partial charge in [-0.15, -0.1) is 11.8 Å². The summed E-state index contributed by atoms with van der Waals surface area (Å²) >= 11 is 1.67. The summed E-state index contributed by atoms with van der Waals surface area (Å²) in [4.78, 5) is 31.9. The van der Waals surface area contributed by atoms with E-state index < -0.39 is 0 Å². The molecule has 0 bridgehead atoms. The van der Waals surface area contributed by atoms with Crippen LogP contribution in [0, 0.1) is 0 Å². The standard InChI is InChI=1S/C22H24N4O4S/c1-25(2)22(28)26-11-15(14-8-18(29-3)19(30-4)9-17(14)26)20(27)16-12-31-21(24-16)13-6-5-7-23-10-13/h5-11,16,21,24H,12H2,1-4H3/t16-,21?/m0/s1. The lowest BCUT2D eigenvalue weighted by atomic mass is 10.0. The van der Waals surface area contributed by atoms with Crippen LogP contribution in [0.1, 0.15) is 21.3 Å². The quantitative estimate of drug-likeness (QED) is 0.610. The summed E-state index contributed by atoms with van der Waals surface area (Å²) in [6, 6.07) is 6.72. The second-order valence-corrected chi connectivity index (χ2v) is 8.54. The Morgan fingerprint density at radius 3 is 2.61 bits per heavy atom. The summed E-state index contributed by atoms with van der Waals surface area (Å²) in [7, 11) is 6.42. The van der Waals surface area contributed by atoms with Gasteiger partial charge in [-0.2, -0.15) is 0 Å². The summed E-state index contributed by atoms with van der Waals surface area (Å²) < 4.78 is 12.3. The van der Waals surface area contributed by atoms with Crippen molar-refractivity contribution < 1.29 is 19.1 Å². The lowest BCUT2D eigenvalue weighted by Gasteiger charge is -2.13. The van der Waals surface area contributed by atoms with Crippen LogP contribution >= 0.6 is 11.8 Å². The van der Waals surface area contributed by atoms with Crippen LogP contribution in [-0.4, -0.2) is 66.4 Å². The van der Waals surface area contributed by atoms with E-state index in [0.717, 1.165) is 5.56 Å². The molecule has 3 heterocycles. The van der Waals surface area contributed by atoms with E-state index in [4.69, 9.17) is 9.47 Å². The Hall–Kier alpha value is -3.04. The minimum atomic E-state index is -0.378. The number of nitrogens with one attached hydrogen (secondary N) is 1. The van der Waals surface area contributed by atoms with E-state index in [1.807, 2.05) is 12.1 Å². The minimum Gasteiger partial charge on any atom is -0.493 e. The number of carbonyl (C=O) groups is 2. The van der Waals surface area contributed by atoms with Crippen LogP contribution in [0.4, 0.5) is 4.79 Å². The average Bonchev–Trinajstić information content (AvgIpc) is 3.43. The van der Waals surface area contributed by atoms with Crippen LogP contribution in [0.3, 0.4) is 0 Å². The van der Waals surface area contributed by atoms with E-state index in [0.29, 0.717) is 33.7 Å². The van der Waals surface area contributed by atoms with E-state index in [2.05, 4.69) is 10.3 Å². The molecule has 0 saturated carbocycles. The zero-order valence-corrected chi connectivity index (χ0v) is 18.6. The molecule has 4 rings (SSSR count). The SMILES string of the molecule is COc1cc2c(C(=O)[C@@H]3CSC(c4cccnc4)N3)cn(C(=O)N(C)C)c2cc1OC. The third-order valence-corrected chi connectivity index (χ3v) is 6.52. The highest BCUT2D eigenvalue weighted by Gasteiger charge is 2.33. The molecule has 1 N–H and O–H groups in total. The Labute approximate surface area is 184 Å². The van der Waals surface area contributed by atoms with Gasteiger partial charge in [-0.1, -0.05) is 6.07 Å². The van der Waals surface area contributed by atoms with Crippen LogP contribution in [0.25, 0.3) is 10.9 Å². The summed E-state index contributed by atoms with van der Waals surface area (Å²) in [6.45, 7) is 0. The van der Waals surface area contributed by atoms with Gasteiger partial charge in [0.05, 0.1) is 31.2 Å². The van der Waals surface area contributed by atoms with Gasteiger partial charge in [-0.05, 0) is 17.7 Å². The minimum absolute atomic E-state index is 0.00552. The van der Waals surface area contributed by atoms with E-state index in [1.54, 1.807) is 63.7 Å². The number of aromatic nitrogens is 2. The van der Waals surface area contributed by atoms with Crippen molar-refractivity contribution >= 4 is 34.5 Å². The maximum atomic E-state index is 13.5. The van der Waals surface area contributed by atoms with Gasteiger partial charge in [0.25, 0.3) is 0 Å². The number of ketones is 1. The fraction of sp³-hybridized carbons (Fsp3) is 0.318. The predicted molar refractivity (Wildman–Crippen MR) is 120 cm³/mol. The predicted octanol–water partition coefficient (Wildman–Crippen LogP) is 3.17. The van der Waals surface area contributed by atoms with E-state index in [1.165, 1.54) is 16.6 Å². The lowest BCUT2D eigenvalue weighted by molar-refractivity contribution is 0.0957. The van der Waals surface area contributed by atoms with Crippen molar-refractivity contribution in [1.82, 2.24) is 19.8 Å². The van der Waals surface area contributed by atoms with Gasteiger partial charge in [0.2, 0.25) is 0 Å². The van der Waals surface area contributed by atoms with E-state index in [-0.39, 0.29) is 23.2 Å². The molecule has 1 aromatic carbocycles. The Morgan fingerprint density at radius 1 is 1.23 bits per heavy atom. The molecule has 8 nitrogen and oxygen atoms in total. The molecule has 0 radical (unpaired) electrons. The number of rotatable bonds is 5. The highest BCUT2D eigenvalue weighted by atomic mass is 32.2. The number of fused-ring (bicyclic) bond motifs is 1. The number of Topliss-reactive ketones (excluding diaryl/α,β-unsaturated/α-hetero) is 1. The number of hydrogen-bond donors (Lipinski definition) is 1. The zero-order chi connectivity index (χ0) is 22.1. The van der Waals surface area contributed by atoms with Crippen LogP contribution in [0.2, 0.25) is 0 Å². The van der Waals surface area contributed by atoms with Crippen molar-refractivity contribution in [1.29, 1.82) is 0 Å². The molecule has 1 fully saturated rings. The van der Waals surface area contributed by atoms with E-state index in [9.17, 15) is 9.59 Å². The molecule has 0 aliphatic carbocycles. The molecule has 3 aromatic rings. The van der Waals surface area contributed by atoms with Crippen molar-refractivity contribution in [3.63, 3.8) is 0 Å². The zero-order valence-electron chi connectivity index (χ0n) is 17.8. The highest BCUT2D eigenvalue weighted by molar-refractivity contribution is 7.99. The molecule has 1 aliphatic heterocycles. The fourth-order valence-electron chi connectivity index (χ4n) is 3.66. The first-order valence-electron chi connectivity index (χ1n) is 9.75. The first kappa shape index (κ1) is 21.2. The Morgan fingerprint density at radius 2 is 1.97 bits per heavy atom. The number of methoxy groups -OCH3 is 2. The topological polar surface area (TPSA) is 85.7 Å². The first-order valence-corrected chi connectivity index (χ1v) is 10.8. The number of pyridine rings is 1. The molecule has 2 atom stereocenters. The lowest BCUT2D eigenvalue weighted by Crippen LogP contribution is -2.34. The van der Waals surface area contributed by atoms with Crippen LogP contribution < -0.4 is 14.8 Å². The molecule has 1 saturated heterocycles. The smallest absolute Gasteiger partial charge is 0.328 e. The van der Waals surface area contributed by atoms with Crippen LogP contribution in [-0.2, 0) is 0 Å². The summed E-state index contributed by atoms with van der Waals surface area (Å²) in [5.74, 6) is 1.55. The molecule has 2 aromatic heterocycles. The summed E-state index contributed by atoms with van der Waals surface area (Å²) in [5.41, 5.74) is 2.09. The average molecular weight is 441 g/mol. The largest absolute Gasteiger partial charge is 0.493 e. The first-order chi connectivity index (χ1) is 14.9. The molecular weight excluding hydrogens is 416 g/mol. The Kier molecular flexibility index (Phi) is 5.88. The highest BCUT2D eigenvalue weighted by Crippen LogP contribution is 2.37. The van der Waals surface area contributed by atoms with Gasteiger partial charge in [0.15, 0.2) is 17.3 Å². The molecule has 0 spiro atoms. The van der Waals surface area contributed by atoms with Crippen molar-refractivity contribution in [2.24, 2.45) is 0 Å². The van der Waals surface area contributed by atoms with Crippen molar-refractivity contribution in [3.05, 3.63) is 54.0 Å². The fourth-order valence-corrected chi connectivity index (χ4v) is 4.88. The normalized spacial score (nSPS) is 18.2. The van der Waals surface area contributed by atoms with Crippen LogP contribution in [0.15, 0.2) is 42.9 Å². The number of carbonyl (C=O) groups excluding carboxylic acids is 2. The number of ether oxygens (including phenoxy) is 2. The molecule has 9 heteroatoms. The van der Waals surface area contributed by atoms with Gasteiger partial charge in [-0.3, -0.25) is 19.7 Å². The van der Waals surface area contributed by atoms with Gasteiger partial charge in [0.1, 0.15) is 0 Å². The maximum Gasteiger partial charge on any atom is 0.328 e. The maximum absolute atomic E-state index is 13.5. The second kappa shape index (κ2) is 8.60. The van der Waals surface area contributed by atoms with Gasteiger partial charge >= 0.3 is 6.03 Å². The molecule has 1 unspecified atom stereocenters. The van der Waals surface area contributed by atoms with Crippen molar-refractivity contribution in [3.8, 4) is 11.5 Å². The number of amides is 1. The molecule has 1 amide bonds. The van der Waals surface area contributed by atoms with Crippen LogP contribution in [0.5, 0.6) is 11.5 Å². The molecule has 162 valence electrons. The molecule has 1 aliphatic rings. The Bertz CT molecular complexity index is 1130. The second-order valence-electron chi connectivity index (χ2n) is 7.40. The number of thioether (sulfide) groups is 1.